The minimum Gasteiger partial charge on any atom is -0.306 e. The van der Waals surface area contributed by atoms with Gasteiger partial charge in [0.2, 0.25) is 0 Å². The topological polar surface area (TPSA) is 23.6 Å². The Labute approximate surface area is 105 Å². The van der Waals surface area contributed by atoms with Gasteiger partial charge >= 0.3 is 0 Å². The van der Waals surface area contributed by atoms with E-state index in [1.807, 2.05) is 0 Å². The van der Waals surface area contributed by atoms with Crippen molar-refractivity contribution in [1.82, 2.24) is 9.80 Å². The summed E-state index contributed by atoms with van der Waals surface area (Å²) in [6.07, 6.45) is 6.82. The molecule has 0 amide bonds. The molecule has 0 spiro atoms. The van der Waals surface area contributed by atoms with Gasteiger partial charge in [-0.3, -0.25) is 9.69 Å². The molecule has 1 saturated carbocycles. The van der Waals surface area contributed by atoms with Gasteiger partial charge in [-0.2, -0.15) is 0 Å². The molecular formula is C14H26N2O. The van der Waals surface area contributed by atoms with Crippen molar-refractivity contribution in [2.45, 2.75) is 44.6 Å². The maximum atomic E-state index is 11.9. The fraction of sp³-hybridized carbons (Fsp3) is 0.929. The Kier molecular flexibility index (Phi) is 4.57. The number of likely N-dealkylation sites (N-methyl/N-ethyl adjacent to an activating group) is 1. The van der Waals surface area contributed by atoms with E-state index in [0.29, 0.717) is 5.78 Å². The number of hydrogen-bond donors (Lipinski definition) is 0. The zero-order valence-corrected chi connectivity index (χ0v) is 11.3. The quantitative estimate of drug-likeness (QED) is 0.748. The maximum Gasteiger partial charge on any atom is 0.149 e. The normalized spacial score (nSPS) is 28.9. The van der Waals surface area contributed by atoms with Crippen molar-refractivity contribution >= 4 is 5.78 Å². The molecule has 1 heterocycles. The number of carbonyl (C=O) groups is 1. The summed E-state index contributed by atoms with van der Waals surface area (Å²) in [5.74, 6) is 1.28. The molecule has 1 aliphatic carbocycles. The van der Waals surface area contributed by atoms with Crippen LogP contribution in [0.1, 0.15) is 38.5 Å². The molecule has 2 aliphatic rings. The Morgan fingerprint density at radius 1 is 1.24 bits per heavy atom. The van der Waals surface area contributed by atoms with Gasteiger partial charge in [-0.25, -0.2) is 0 Å². The van der Waals surface area contributed by atoms with Gasteiger partial charge in [-0.15, -0.1) is 0 Å². The van der Waals surface area contributed by atoms with Crippen LogP contribution in [0.3, 0.4) is 0 Å². The monoisotopic (exact) mass is 238 g/mol. The standard InChI is InChI=1S/C14H26N2O/c1-15-9-7-12(8-10-15)11-16(2)13-5-3-4-6-14(13)17/h12-13H,3-11H2,1-2H3. The molecule has 0 radical (unpaired) electrons. The molecular weight excluding hydrogens is 212 g/mol. The fourth-order valence-electron chi connectivity index (χ4n) is 3.21. The lowest BCUT2D eigenvalue weighted by atomic mass is 9.91. The lowest BCUT2D eigenvalue weighted by molar-refractivity contribution is -0.125. The Balaban J connectivity index is 1.79. The lowest BCUT2D eigenvalue weighted by Crippen LogP contribution is -2.44. The average Bonchev–Trinajstić information content (AvgIpc) is 2.32. The van der Waals surface area contributed by atoms with E-state index >= 15 is 0 Å². The first-order chi connectivity index (χ1) is 8.16. The van der Waals surface area contributed by atoms with Crippen molar-refractivity contribution in [1.29, 1.82) is 0 Å². The van der Waals surface area contributed by atoms with Gasteiger partial charge < -0.3 is 4.90 Å². The van der Waals surface area contributed by atoms with E-state index in [0.717, 1.165) is 31.7 Å². The van der Waals surface area contributed by atoms with E-state index in [9.17, 15) is 4.79 Å². The van der Waals surface area contributed by atoms with Crippen LogP contribution in [0.25, 0.3) is 0 Å². The second-order valence-electron chi connectivity index (χ2n) is 5.91. The summed E-state index contributed by atoms with van der Waals surface area (Å²) in [5, 5.41) is 0. The van der Waals surface area contributed by atoms with Crippen molar-refractivity contribution in [2.24, 2.45) is 5.92 Å². The third-order valence-electron chi connectivity index (χ3n) is 4.44. The van der Waals surface area contributed by atoms with Crippen LogP contribution in [-0.2, 0) is 4.79 Å². The molecule has 3 nitrogen and oxygen atoms in total. The van der Waals surface area contributed by atoms with Crippen molar-refractivity contribution in [3.8, 4) is 0 Å². The number of nitrogens with zero attached hydrogens (tertiary/aromatic N) is 2. The van der Waals surface area contributed by atoms with Gasteiger partial charge in [0, 0.05) is 13.0 Å². The zero-order valence-electron chi connectivity index (χ0n) is 11.3. The third-order valence-corrected chi connectivity index (χ3v) is 4.44. The summed E-state index contributed by atoms with van der Waals surface area (Å²) in [7, 11) is 4.34. The summed E-state index contributed by atoms with van der Waals surface area (Å²) in [5.41, 5.74) is 0. The van der Waals surface area contributed by atoms with Crippen LogP contribution in [-0.4, -0.2) is 55.4 Å². The van der Waals surface area contributed by atoms with E-state index in [2.05, 4.69) is 23.9 Å². The fourth-order valence-corrected chi connectivity index (χ4v) is 3.21. The van der Waals surface area contributed by atoms with Crippen LogP contribution in [0.15, 0.2) is 0 Å². The molecule has 98 valence electrons. The Morgan fingerprint density at radius 2 is 1.94 bits per heavy atom. The Bertz CT molecular complexity index is 259. The molecule has 1 aliphatic heterocycles. The van der Waals surface area contributed by atoms with Gasteiger partial charge in [0.1, 0.15) is 5.78 Å². The summed E-state index contributed by atoms with van der Waals surface area (Å²) < 4.78 is 0. The SMILES string of the molecule is CN1CCC(CN(C)C2CCCCC2=O)CC1. The Hall–Kier alpha value is -0.410. The van der Waals surface area contributed by atoms with Crippen LogP contribution in [0.2, 0.25) is 0 Å². The summed E-state index contributed by atoms with van der Waals surface area (Å²) in [6.45, 7) is 3.55. The smallest absolute Gasteiger partial charge is 0.149 e. The lowest BCUT2D eigenvalue weighted by Gasteiger charge is -2.35. The number of piperidine rings is 1. The highest BCUT2D eigenvalue weighted by Crippen LogP contribution is 2.22. The molecule has 0 aromatic carbocycles. The number of carbonyl (C=O) groups excluding carboxylic acids is 1. The highest BCUT2D eigenvalue weighted by Gasteiger charge is 2.28. The molecule has 0 aromatic rings. The van der Waals surface area contributed by atoms with Crippen molar-refractivity contribution in [3.05, 3.63) is 0 Å². The number of likely N-dealkylation sites (tertiary alicyclic amines) is 1. The average molecular weight is 238 g/mol. The highest BCUT2D eigenvalue weighted by molar-refractivity contribution is 5.84. The number of Topliss-reactive ketones (excluding diaryl/α,β-unsaturated/α-hetero) is 1. The largest absolute Gasteiger partial charge is 0.306 e. The molecule has 2 rings (SSSR count). The van der Waals surface area contributed by atoms with E-state index in [-0.39, 0.29) is 6.04 Å². The molecule has 17 heavy (non-hydrogen) atoms. The molecule has 3 heteroatoms. The maximum absolute atomic E-state index is 11.9. The number of hydrogen-bond acceptors (Lipinski definition) is 3. The second kappa shape index (κ2) is 5.96. The van der Waals surface area contributed by atoms with Crippen molar-refractivity contribution < 1.29 is 4.79 Å². The first-order valence-corrected chi connectivity index (χ1v) is 7.08. The van der Waals surface area contributed by atoms with E-state index in [4.69, 9.17) is 0 Å². The van der Waals surface area contributed by atoms with Gasteiger partial charge in [-0.05, 0) is 58.8 Å². The second-order valence-corrected chi connectivity index (χ2v) is 5.91. The molecule has 1 atom stereocenters. The molecule has 0 N–H and O–H groups in total. The number of ketones is 1. The first-order valence-electron chi connectivity index (χ1n) is 7.08. The number of rotatable bonds is 3. The van der Waals surface area contributed by atoms with Crippen molar-refractivity contribution in [3.63, 3.8) is 0 Å². The minimum absolute atomic E-state index is 0.225. The minimum atomic E-state index is 0.225. The van der Waals surface area contributed by atoms with Gasteiger partial charge in [0.15, 0.2) is 0 Å². The molecule has 0 aromatic heterocycles. The molecule has 2 fully saturated rings. The zero-order chi connectivity index (χ0) is 12.3. The van der Waals surface area contributed by atoms with Crippen LogP contribution in [0.5, 0.6) is 0 Å². The van der Waals surface area contributed by atoms with Gasteiger partial charge in [0.25, 0.3) is 0 Å². The summed E-state index contributed by atoms with van der Waals surface area (Å²) in [6, 6.07) is 0.225. The third kappa shape index (κ3) is 3.52. The van der Waals surface area contributed by atoms with Gasteiger partial charge in [0.05, 0.1) is 6.04 Å². The first kappa shape index (κ1) is 13.0. The molecule has 1 unspecified atom stereocenters. The van der Waals surface area contributed by atoms with Crippen LogP contribution in [0.4, 0.5) is 0 Å². The van der Waals surface area contributed by atoms with Crippen LogP contribution < -0.4 is 0 Å². The van der Waals surface area contributed by atoms with Crippen LogP contribution >= 0.6 is 0 Å². The predicted molar refractivity (Wildman–Crippen MR) is 70.1 cm³/mol. The Morgan fingerprint density at radius 3 is 2.59 bits per heavy atom. The summed E-state index contributed by atoms with van der Waals surface area (Å²) in [4.78, 5) is 16.6. The predicted octanol–water partition coefficient (Wildman–Crippen LogP) is 1.77. The highest BCUT2D eigenvalue weighted by atomic mass is 16.1. The van der Waals surface area contributed by atoms with Gasteiger partial charge in [-0.1, -0.05) is 6.42 Å². The molecule has 1 saturated heterocycles. The van der Waals surface area contributed by atoms with Crippen LogP contribution in [0, 0.1) is 5.92 Å². The summed E-state index contributed by atoms with van der Waals surface area (Å²) >= 11 is 0. The van der Waals surface area contributed by atoms with E-state index in [1.165, 1.54) is 32.4 Å². The van der Waals surface area contributed by atoms with Crippen molar-refractivity contribution in [2.75, 3.05) is 33.7 Å². The van der Waals surface area contributed by atoms with E-state index < -0.39 is 0 Å². The van der Waals surface area contributed by atoms with E-state index in [1.54, 1.807) is 0 Å². The molecule has 0 bridgehead atoms.